The van der Waals surface area contributed by atoms with Crippen LogP contribution in [0.5, 0.6) is 0 Å². The molecule has 1 saturated heterocycles. The third kappa shape index (κ3) is 3.03. The Morgan fingerprint density at radius 1 is 1.33 bits per heavy atom. The van der Waals surface area contributed by atoms with E-state index in [0.717, 1.165) is 25.1 Å². The normalized spacial score (nSPS) is 18.6. The molecule has 1 aromatic carbocycles. The van der Waals surface area contributed by atoms with Gasteiger partial charge in [-0.25, -0.2) is 0 Å². The quantitative estimate of drug-likeness (QED) is 0.892. The van der Waals surface area contributed by atoms with Gasteiger partial charge in [0.2, 0.25) is 0 Å². The summed E-state index contributed by atoms with van der Waals surface area (Å²) >= 11 is 0. The van der Waals surface area contributed by atoms with E-state index in [4.69, 9.17) is 0 Å². The number of halogens is 1. The lowest BCUT2D eigenvalue weighted by Crippen LogP contribution is -2.33. The molecule has 0 spiro atoms. The second-order valence-electron chi connectivity index (χ2n) is 4.82. The molecular formula is C14H21ClN2O. The van der Waals surface area contributed by atoms with Crippen LogP contribution in [0.4, 0.5) is 0 Å². The maximum absolute atomic E-state index is 12.3. The Morgan fingerprint density at radius 2 is 2.06 bits per heavy atom. The zero-order valence-electron chi connectivity index (χ0n) is 11.2. The molecule has 4 heteroatoms. The molecule has 1 aliphatic heterocycles. The van der Waals surface area contributed by atoms with Crippen LogP contribution in [-0.2, 0) is 0 Å². The molecule has 0 saturated carbocycles. The van der Waals surface area contributed by atoms with Crippen molar-refractivity contribution in [1.82, 2.24) is 10.2 Å². The Hall–Kier alpha value is -1.06. The van der Waals surface area contributed by atoms with E-state index < -0.39 is 0 Å². The molecule has 100 valence electrons. The van der Waals surface area contributed by atoms with Crippen LogP contribution < -0.4 is 5.32 Å². The fourth-order valence-corrected chi connectivity index (χ4v) is 2.24. The summed E-state index contributed by atoms with van der Waals surface area (Å²) in [7, 11) is 1.95. The lowest BCUT2D eigenvalue weighted by Gasteiger charge is -2.17. The first-order valence-electron chi connectivity index (χ1n) is 6.15. The van der Waals surface area contributed by atoms with Crippen molar-refractivity contribution in [3.63, 3.8) is 0 Å². The van der Waals surface area contributed by atoms with Crippen LogP contribution in [-0.4, -0.2) is 37.0 Å². The topological polar surface area (TPSA) is 32.3 Å². The number of amides is 1. The van der Waals surface area contributed by atoms with Gasteiger partial charge in [-0.05, 0) is 50.6 Å². The summed E-state index contributed by atoms with van der Waals surface area (Å²) in [5.41, 5.74) is 3.22. The van der Waals surface area contributed by atoms with Crippen LogP contribution in [0.3, 0.4) is 0 Å². The van der Waals surface area contributed by atoms with Crippen molar-refractivity contribution < 1.29 is 4.79 Å². The van der Waals surface area contributed by atoms with Gasteiger partial charge in [-0.2, -0.15) is 0 Å². The summed E-state index contributed by atoms with van der Waals surface area (Å²) in [6, 6.07) is 6.39. The summed E-state index contributed by atoms with van der Waals surface area (Å²) in [6.07, 6.45) is 1.05. The number of carbonyl (C=O) groups is 1. The van der Waals surface area contributed by atoms with Gasteiger partial charge < -0.3 is 10.2 Å². The summed E-state index contributed by atoms with van der Waals surface area (Å²) in [4.78, 5) is 14.2. The Balaban J connectivity index is 0.00000162. The van der Waals surface area contributed by atoms with Crippen molar-refractivity contribution in [1.29, 1.82) is 0 Å². The highest BCUT2D eigenvalue weighted by atomic mass is 35.5. The van der Waals surface area contributed by atoms with Gasteiger partial charge in [0.25, 0.3) is 5.91 Å². The van der Waals surface area contributed by atoms with E-state index >= 15 is 0 Å². The highest BCUT2D eigenvalue weighted by molar-refractivity contribution is 5.94. The second kappa shape index (κ2) is 6.21. The van der Waals surface area contributed by atoms with Crippen molar-refractivity contribution in [2.24, 2.45) is 0 Å². The van der Waals surface area contributed by atoms with Crippen molar-refractivity contribution in [2.45, 2.75) is 26.3 Å². The smallest absolute Gasteiger partial charge is 0.253 e. The van der Waals surface area contributed by atoms with Gasteiger partial charge in [0.05, 0.1) is 0 Å². The fraction of sp³-hybridized carbons (Fsp3) is 0.500. The number of aryl methyl sites for hydroxylation is 2. The molecule has 1 unspecified atom stereocenters. The van der Waals surface area contributed by atoms with Crippen LogP contribution in [0.15, 0.2) is 18.2 Å². The van der Waals surface area contributed by atoms with Gasteiger partial charge in [-0.15, -0.1) is 12.4 Å². The standard InChI is InChI=1S/C14H20N2O.ClH/c1-10-4-5-12(8-11(10)2)14(17)16-7-6-13(9-16)15-3;/h4-5,8,13,15H,6-7,9H2,1-3H3;1H. The second-order valence-corrected chi connectivity index (χ2v) is 4.82. The lowest BCUT2D eigenvalue weighted by molar-refractivity contribution is 0.0789. The predicted octanol–water partition coefficient (Wildman–Crippen LogP) is 2.16. The van der Waals surface area contributed by atoms with Crippen LogP contribution in [0.25, 0.3) is 0 Å². The molecule has 3 nitrogen and oxygen atoms in total. The molecule has 0 bridgehead atoms. The molecule has 0 radical (unpaired) electrons. The first-order chi connectivity index (χ1) is 8.11. The van der Waals surface area contributed by atoms with E-state index in [1.807, 2.05) is 37.1 Å². The number of nitrogens with one attached hydrogen (secondary N) is 1. The third-order valence-electron chi connectivity index (χ3n) is 3.64. The highest BCUT2D eigenvalue weighted by Gasteiger charge is 2.25. The first kappa shape index (κ1) is 15.0. The van der Waals surface area contributed by atoms with Gasteiger partial charge in [0, 0.05) is 24.7 Å². The number of nitrogens with zero attached hydrogens (tertiary/aromatic N) is 1. The third-order valence-corrected chi connectivity index (χ3v) is 3.64. The molecule has 18 heavy (non-hydrogen) atoms. The van der Waals surface area contributed by atoms with Gasteiger partial charge in [0.15, 0.2) is 0 Å². The summed E-state index contributed by atoms with van der Waals surface area (Å²) < 4.78 is 0. The molecule has 1 amide bonds. The van der Waals surface area contributed by atoms with E-state index in [1.54, 1.807) is 0 Å². The molecule has 1 aliphatic rings. The van der Waals surface area contributed by atoms with E-state index in [2.05, 4.69) is 12.2 Å². The summed E-state index contributed by atoms with van der Waals surface area (Å²) in [5, 5.41) is 3.23. The molecular weight excluding hydrogens is 248 g/mol. The van der Waals surface area contributed by atoms with Gasteiger partial charge in [-0.1, -0.05) is 6.07 Å². The molecule has 1 atom stereocenters. The van der Waals surface area contributed by atoms with Gasteiger partial charge >= 0.3 is 0 Å². The zero-order chi connectivity index (χ0) is 12.4. The van der Waals surface area contributed by atoms with Crippen molar-refractivity contribution >= 4 is 18.3 Å². The number of carbonyl (C=O) groups excluding carboxylic acids is 1. The minimum absolute atomic E-state index is 0. The Kier molecular flexibility index (Phi) is 5.17. The predicted molar refractivity (Wildman–Crippen MR) is 76.5 cm³/mol. The van der Waals surface area contributed by atoms with Crippen LogP contribution in [0.1, 0.15) is 27.9 Å². The lowest BCUT2D eigenvalue weighted by atomic mass is 10.1. The first-order valence-corrected chi connectivity index (χ1v) is 6.15. The van der Waals surface area contributed by atoms with Crippen molar-refractivity contribution in [3.05, 3.63) is 34.9 Å². The Bertz CT molecular complexity index is 434. The minimum Gasteiger partial charge on any atom is -0.337 e. The van der Waals surface area contributed by atoms with E-state index in [9.17, 15) is 4.79 Å². The maximum atomic E-state index is 12.3. The summed E-state index contributed by atoms with van der Waals surface area (Å²) in [6.45, 7) is 5.79. The number of likely N-dealkylation sites (N-methyl/N-ethyl adjacent to an activating group) is 1. The van der Waals surface area contributed by atoms with Crippen LogP contribution in [0, 0.1) is 13.8 Å². The zero-order valence-corrected chi connectivity index (χ0v) is 12.0. The van der Waals surface area contributed by atoms with Gasteiger partial charge in [0.1, 0.15) is 0 Å². The average Bonchev–Trinajstić information content (AvgIpc) is 2.80. The molecule has 2 rings (SSSR count). The molecule has 1 N–H and O–H groups in total. The monoisotopic (exact) mass is 268 g/mol. The Labute approximate surface area is 115 Å². The number of hydrogen-bond acceptors (Lipinski definition) is 2. The van der Waals surface area contributed by atoms with E-state index in [0.29, 0.717) is 6.04 Å². The average molecular weight is 269 g/mol. The number of likely N-dealkylation sites (tertiary alicyclic amines) is 1. The maximum Gasteiger partial charge on any atom is 0.253 e. The Morgan fingerprint density at radius 3 is 2.61 bits per heavy atom. The molecule has 1 heterocycles. The molecule has 0 aromatic heterocycles. The molecule has 1 fully saturated rings. The summed E-state index contributed by atoms with van der Waals surface area (Å²) in [5.74, 6) is 0.158. The highest BCUT2D eigenvalue weighted by Crippen LogP contribution is 2.16. The number of rotatable bonds is 2. The molecule has 1 aromatic rings. The van der Waals surface area contributed by atoms with Crippen molar-refractivity contribution in [2.75, 3.05) is 20.1 Å². The molecule has 0 aliphatic carbocycles. The SMILES string of the molecule is CNC1CCN(C(=O)c2ccc(C)c(C)c2)C1.Cl. The van der Waals surface area contributed by atoms with E-state index in [1.165, 1.54) is 11.1 Å². The largest absolute Gasteiger partial charge is 0.337 e. The van der Waals surface area contributed by atoms with Gasteiger partial charge in [-0.3, -0.25) is 4.79 Å². The van der Waals surface area contributed by atoms with Crippen LogP contribution >= 0.6 is 12.4 Å². The van der Waals surface area contributed by atoms with Crippen LogP contribution in [0.2, 0.25) is 0 Å². The number of hydrogen-bond donors (Lipinski definition) is 1. The fourth-order valence-electron chi connectivity index (χ4n) is 2.24. The van der Waals surface area contributed by atoms with E-state index in [-0.39, 0.29) is 18.3 Å². The minimum atomic E-state index is 0. The van der Waals surface area contributed by atoms with Crippen molar-refractivity contribution in [3.8, 4) is 0 Å². The number of benzene rings is 1.